The van der Waals surface area contributed by atoms with Crippen LogP contribution in [0.25, 0.3) is 0 Å². The highest BCUT2D eigenvalue weighted by Gasteiger charge is 2.10. The molecular formula is C12H10N4O3S. The van der Waals surface area contributed by atoms with E-state index in [0.29, 0.717) is 0 Å². The van der Waals surface area contributed by atoms with Gasteiger partial charge in [-0.2, -0.15) is 0 Å². The lowest BCUT2D eigenvalue weighted by Crippen LogP contribution is -2.26. The first-order valence-electron chi connectivity index (χ1n) is 5.54. The van der Waals surface area contributed by atoms with Crippen molar-refractivity contribution in [2.75, 3.05) is 5.43 Å². The number of anilines is 1. The number of hydrogen-bond donors (Lipinski definition) is 2. The lowest BCUT2D eigenvalue weighted by atomic mass is 10.3. The Morgan fingerprint density at radius 3 is 2.70 bits per heavy atom. The Morgan fingerprint density at radius 1 is 1.30 bits per heavy atom. The topological polar surface area (TPSA) is 92.7 Å². The summed E-state index contributed by atoms with van der Waals surface area (Å²) in [5, 5.41) is 10.6. The van der Waals surface area contributed by atoms with Crippen molar-refractivity contribution in [2.45, 2.75) is 0 Å². The first kappa shape index (κ1) is 13.7. The number of hydrogen-bond acceptors (Lipinski definition) is 5. The molecule has 1 heterocycles. The Bertz CT molecular complexity index is 639. The van der Waals surface area contributed by atoms with Crippen LogP contribution in [-0.2, 0) is 0 Å². The zero-order valence-electron chi connectivity index (χ0n) is 10.1. The smallest absolute Gasteiger partial charge is 0.400 e. The normalized spacial score (nSPS) is 10.4. The fourth-order valence-corrected chi connectivity index (χ4v) is 1.42. The zero-order valence-corrected chi connectivity index (χ0v) is 11.0. The van der Waals surface area contributed by atoms with Gasteiger partial charge in [0.25, 0.3) is 0 Å². The molecule has 2 N–H and O–H groups in total. The number of para-hydroxylation sites is 1. The van der Waals surface area contributed by atoms with Crippen LogP contribution in [0.2, 0.25) is 0 Å². The summed E-state index contributed by atoms with van der Waals surface area (Å²) in [5.41, 5.74) is 6.40. The van der Waals surface area contributed by atoms with Gasteiger partial charge in [-0.3, -0.25) is 21.0 Å². The van der Waals surface area contributed by atoms with Gasteiger partial charge in [0.2, 0.25) is 5.11 Å². The molecule has 1 aromatic carbocycles. The van der Waals surface area contributed by atoms with Crippen molar-refractivity contribution in [2.24, 2.45) is 4.99 Å². The first-order chi connectivity index (χ1) is 9.65. The lowest BCUT2D eigenvalue weighted by Gasteiger charge is -2.06. The summed E-state index contributed by atoms with van der Waals surface area (Å²) in [5.74, 6) is -0.0895. The minimum absolute atomic E-state index is 0.174. The van der Waals surface area contributed by atoms with E-state index in [0.717, 1.165) is 5.69 Å². The maximum absolute atomic E-state index is 10.4. The highest BCUT2D eigenvalue weighted by molar-refractivity contribution is 7.80. The molecular weight excluding hydrogens is 280 g/mol. The average molecular weight is 290 g/mol. The van der Waals surface area contributed by atoms with Crippen molar-refractivity contribution in [3.8, 4) is 0 Å². The Hall–Kier alpha value is -2.74. The lowest BCUT2D eigenvalue weighted by molar-refractivity contribution is -0.402. The molecule has 0 saturated carbocycles. The van der Waals surface area contributed by atoms with Crippen LogP contribution in [0.5, 0.6) is 0 Å². The van der Waals surface area contributed by atoms with Gasteiger partial charge in [-0.15, -0.1) is 0 Å². The third-order valence-electron chi connectivity index (χ3n) is 2.19. The van der Waals surface area contributed by atoms with Crippen molar-refractivity contribution < 1.29 is 9.34 Å². The van der Waals surface area contributed by atoms with Crippen LogP contribution >= 0.6 is 12.2 Å². The molecule has 0 fully saturated rings. The third kappa shape index (κ3) is 3.89. The molecule has 8 heteroatoms. The van der Waals surface area contributed by atoms with Crippen LogP contribution in [-0.4, -0.2) is 16.3 Å². The highest BCUT2D eigenvalue weighted by atomic mass is 32.1. The van der Waals surface area contributed by atoms with Crippen molar-refractivity contribution in [1.29, 1.82) is 0 Å². The second kappa shape index (κ2) is 6.43. The summed E-state index contributed by atoms with van der Waals surface area (Å²) in [6, 6.07) is 12.0. The molecule has 0 unspecified atom stereocenters. The number of benzene rings is 1. The molecule has 20 heavy (non-hydrogen) atoms. The number of rotatable bonds is 4. The maximum atomic E-state index is 10.4. The van der Waals surface area contributed by atoms with E-state index < -0.39 is 4.92 Å². The summed E-state index contributed by atoms with van der Waals surface area (Å²) >= 11 is 4.96. The number of hydrazine groups is 1. The SMILES string of the molecule is O=[N+]([O-])c1ccc(C=NC(=S)NNc2ccccc2)o1. The highest BCUT2D eigenvalue weighted by Crippen LogP contribution is 2.13. The molecule has 102 valence electrons. The standard InChI is InChI=1S/C12H10N4O3S/c17-16(18)11-7-6-10(19-11)8-13-12(20)15-14-9-4-2-1-3-5-9/h1-8,14H,(H,15,20). The molecule has 0 radical (unpaired) electrons. The molecule has 2 aromatic rings. The van der Waals surface area contributed by atoms with E-state index in [1.54, 1.807) is 0 Å². The predicted octanol–water partition coefficient (Wildman–Crippen LogP) is 2.51. The monoisotopic (exact) mass is 290 g/mol. The van der Waals surface area contributed by atoms with Gasteiger partial charge in [0.15, 0.2) is 5.76 Å². The molecule has 2 rings (SSSR count). The molecule has 0 amide bonds. The van der Waals surface area contributed by atoms with E-state index in [9.17, 15) is 10.1 Å². The molecule has 7 nitrogen and oxygen atoms in total. The van der Waals surface area contributed by atoms with Crippen molar-refractivity contribution in [3.63, 3.8) is 0 Å². The van der Waals surface area contributed by atoms with Gasteiger partial charge >= 0.3 is 5.88 Å². The van der Waals surface area contributed by atoms with Gasteiger partial charge < -0.3 is 4.42 Å². The Kier molecular flexibility index (Phi) is 4.40. The Labute approximate surface area is 119 Å². The fraction of sp³-hybridized carbons (Fsp3) is 0. The van der Waals surface area contributed by atoms with Crippen molar-refractivity contribution in [3.05, 3.63) is 58.3 Å². The fourth-order valence-electron chi connectivity index (χ4n) is 1.31. The van der Waals surface area contributed by atoms with Crippen LogP contribution < -0.4 is 10.9 Å². The zero-order chi connectivity index (χ0) is 14.4. The summed E-state index contributed by atoms with van der Waals surface area (Å²) in [7, 11) is 0. The van der Waals surface area contributed by atoms with Gasteiger partial charge in [0, 0.05) is 0 Å². The van der Waals surface area contributed by atoms with E-state index in [2.05, 4.69) is 15.8 Å². The van der Waals surface area contributed by atoms with E-state index in [1.165, 1.54) is 18.3 Å². The van der Waals surface area contributed by atoms with Gasteiger partial charge in [-0.1, -0.05) is 18.2 Å². The second-order valence-corrected chi connectivity index (χ2v) is 4.00. The largest absolute Gasteiger partial charge is 0.433 e. The van der Waals surface area contributed by atoms with Crippen molar-refractivity contribution >= 4 is 35.1 Å². The molecule has 0 atom stereocenters. The minimum atomic E-state index is -0.620. The summed E-state index contributed by atoms with van der Waals surface area (Å²) in [6.07, 6.45) is 1.30. The summed E-state index contributed by atoms with van der Waals surface area (Å²) < 4.78 is 4.90. The van der Waals surface area contributed by atoms with Crippen LogP contribution in [0.3, 0.4) is 0 Å². The third-order valence-corrected chi connectivity index (χ3v) is 2.40. The number of aliphatic imine (C=N–C) groups is 1. The molecule has 0 spiro atoms. The van der Waals surface area contributed by atoms with Gasteiger partial charge in [0.05, 0.1) is 18.0 Å². The second-order valence-electron chi connectivity index (χ2n) is 3.61. The van der Waals surface area contributed by atoms with Gasteiger partial charge in [-0.25, -0.2) is 4.99 Å². The number of nitro groups is 1. The molecule has 0 bridgehead atoms. The minimum Gasteiger partial charge on any atom is -0.400 e. The Balaban J connectivity index is 1.87. The van der Waals surface area contributed by atoms with Crippen LogP contribution in [0.4, 0.5) is 11.6 Å². The quantitative estimate of drug-likeness (QED) is 0.389. The number of nitrogens with one attached hydrogen (secondary N) is 2. The van der Waals surface area contributed by atoms with Crippen LogP contribution in [0.15, 0.2) is 51.9 Å². The number of thiocarbonyl (C=S) groups is 1. The average Bonchev–Trinajstić information content (AvgIpc) is 2.93. The number of furan rings is 1. The van der Waals surface area contributed by atoms with E-state index in [4.69, 9.17) is 16.6 Å². The van der Waals surface area contributed by atoms with Gasteiger partial charge in [-0.05, 0) is 30.4 Å². The molecule has 0 aliphatic carbocycles. The van der Waals surface area contributed by atoms with Crippen molar-refractivity contribution in [1.82, 2.24) is 5.43 Å². The molecule has 1 aromatic heterocycles. The van der Waals surface area contributed by atoms with E-state index in [-0.39, 0.29) is 16.8 Å². The molecule has 0 aliphatic rings. The molecule has 0 saturated heterocycles. The Morgan fingerprint density at radius 2 is 2.05 bits per heavy atom. The summed E-state index contributed by atoms with van der Waals surface area (Å²) in [4.78, 5) is 13.7. The number of nitrogens with zero attached hydrogens (tertiary/aromatic N) is 2. The van der Waals surface area contributed by atoms with Crippen LogP contribution in [0.1, 0.15) is 5.76 Å². The van der Waals surface area contributed by atoms with Crippen LogP contribution in [0, 0.1) is 10.1 Å². The predicted molar refractivity (Wildman–Crippen MR) is 78.8 cm³/mol. The maximum Gasteiger partial charge on any atom is 0.433 e. The van der Waals surface area contributed by atoms with E-state index in [1.807, 2.05) is 30.3 Å². The van der Waals surface area contributed by atoms with Gasteiger partial charge in [0.1, 0.15) is 4.92 Å². The summed E-state index contributed by atoms with van der Waals surface area (Å²) in [6.45, 7) is 0. The van der Waals surface area contributed by atoms with E-state index >= 15 is 0 Å². The molecule has 0 aliphatic heterocycles. The first-order valence-corrected chi connectivity index (χ1v) is 5.95.